The van der Waals surface area contributed by atoms with Crippen LogP contribution in [-0.2, 0) is 0 Å². The molecule has 0 radical (unpaired) electrons. The number of ether oxygens (including phenoxy) is 2. The second kappa shape index (κ2) is 6.12. The normalized spacial score (nSPS) is 11.5. The van der Waals surface area contributed by atoms with Gasteiger partial charge in [0.15, 0.2) is 11.5 Å². The Morgan fingerprint density at radius 3 is 2.40 bits per heavy atom. The summed E-state index contributed by atoms with van der Waals surface area (Å²) in [7, 11) is 3.26. The lowest BCUT2D eigenvalue weighted by atomic mass is 9.95. The monoisotopic (exact) mass is 267 g/mol. The van der Waals surface area contributed by atoms with Crippen LogP contribution in [0.4, 0.5) is 0 Å². The fourth-order valence-corrected chi connectivity index (χ4v) is 2.08. The van der Waals surface area contributed by atoms with Crippen molar-refractivity contribution in [3.8, 4) is 35.0 Å². The van der Waals surface area contributed by atoms with Crippen LogP contribution in [0.3, 0.4) is 0 Å². The van der Waals surface area contributed by atoms with E-state index in [0.29, 0.717) is 11.5 Å². The van der Waals surface area contributed by atoms with E-state index in [4.69, 9.17) is 15.9 Å². The average Bonchev–Trinajstić information content (AvgIpc) is 2.53. The zero-order chi connectivity index (χ0) is 14.5. The van der Waals surface area contributed by atoms with Crippen molar-refractivity contribution in [1.29, 1.82) is 0 Å². The van der Waals surface area contributed by atoms with E-state index in [1.807, 2.05) is 31.2 Å². The molecule has 3 heteroatoms. The van der Waals surface area contributed by atoms with E-state index in [0.717, 1.165) is 16.7 Å². The molecule has 0 spiro atoms. The molecule has 0 aliphatic carbocycles. The molecule has 1 aromatic carbocycles. The minimum atomic E-state index is 0.00962. The van der Waals surface area contributed by atoms with Gasteiger partial charge in [-0.15, -0.1) is 6.42 Å². The third kappa shape index (κ3) is 2.60. The number of hydrogen-bond donors (Lipinski definition) is 0. The van der Waals surface area contributed by atoms with Crippen LogP contribution < -0.4 is 9.47 Å². The second-order valence-electron chi connectivity index (χ2n) is 4.43. The second-order valence-corrected chi connectivity index (χ2v) is 4.43. The van der Waals surface area contributed by atoms with Crippen LogP contribution in [0.25, 0.3) is 11.1 Å². The minimum absolute atomic E-state index is 0.00962. The van der Waals surface area contributed by atoms with Gasteiger partial charge in [-0.05, 0) is 42.3 Å². The molecule has 2 aromatic rings. The highest BCUT2D eigenvalue weighted by atomic mass is 16.5. The summed E-state index contributed by atoms with van der Waals surface area (Å²) >= 11 is 0. The number of methoxy groups -OCH3 is 2. The Hall–Kier alpha value is -2.47. The minimum Gasteiger partial charge on any atom is -0.493 e. The molecule has 0 bridgehead atoms. The average molecular weight is 267 g/mol. The van der Waals surface area contributed by atoms with Gasteiger partial charge < -0.3 is 9.47 Å². The molecule has 1 heterocycles. The Morgan fingerprint density at radius 1 is 1.15 bits per heavy atom. The van der Waals surface area contributed by atoms with Gasteiger partial charge in [-0.1, -0.05) is 5.92 Å². The van der Waals surface area contributed by atoms with Crippen LogP contribution in [0.5, 0.6) is 11.5 Å². The first-order valence-corrected chi connectivity index (χ1v) is 6.33. The molecule has 102 valence electrons. The Morgan fingerprint density at radius 2 is 1.85 bits per heavy atom. The van der Waals surface area contributed by atoms with Gasteiger partial charge in [0.05, 0.1) is 14.2 Å². The van der Waals surface area contributed by atoms with Crippen molar-refractivity contribution in [3.63, 3.8) is 0 Å². The van der Waals surface area contributed by atoms with E-state index >= 15 is 0 Å². The standard InChI is InChI=1S/C17H17NO2/c1-5-12(2)14-10-15(13-6-8-18-9-7-13)17(20-4)16(11-14)19-3/h1,6-12H,2-4H3. The number of nitrogens with zero attached hydrogens (tertiary/aromatic N) is 1. The number of rotatable bonds is 4. The van der Waals surface area contributed by atoms with Crippen LogP contribution in [0.1, 0.15) is 18.4 Å². The molecule has 0 amide bonds. The molecular formula is C17H17NO2. The van der Waals surface area contributed by atoms with Gasteiger partial charge in [-0.2, -0.15) is 0 Å². The van der Waals surface area contributed by atoms with Gasteiger partial charge in [0.2, 0.25) is 0 Å². The molecule has 1 atom stereocenters. The highest BCUT2D eigenvalue weighted by Gasteiger charge is 2.16. The predicted octanol–water partition coefficient (Wildman–Crippen LogP) is 3.50. The van der Waals surface area contributed by atoms with Crippen LogP contribution in [0, 0.1) is 12.3 Å². The Labute approximate surface area is 119 Å². The van der Waals surface area contributed by atoms with Gasteiger partial charge in [0, 0.05) is 23.9 Å². The molecule has 2 rings (SSSR count). The van der Waals surface area contributed by atoms with E-state index in [1.54, 1.807) is 26.6 Å². The van der Waals surface area contributed by atoms with E-state index in [1.165, 1.54) is 0 Å². The van der Waals surface area contributed by atoms with Crippen molar-refractivity contribution in [3.05, 3.63) is 42.2 Å². The highest BCUT2D eigenvalue weighted by molar-refractivity contribution is 5.75. The van der Waals surface area contributed by atoms with Gasteiger partial charge in [0.1, 0.15) is 0 Å². The maximum Gasteiger partial charge on any atom is 0.168 e. The summed E-state index contributed by atoms with van der Waals surface area (Å²) in [5, 5.41) is 0. The first kappa shape index (κ1) is 14.0. The summed E-state index contributed by atoms with van der Waals surface area (Å²) in [6.45, 7) is 1.98. The molecule has 0 aliphatic rings. The molecule has 0 aliphatic heterocycles. The number of aromatic nitrogens is 1. The van der Waals surface area contributed by atoms with Crippen LogP contribution in [0.2, 0.25) is 0 Å². The summed E-state index contributed by atoms with van der Waals surface area (Å²) in [5.41, 5.74) is 2.99. The molecule has 1 aromatic heterocycles. The maximum atomic E-state index is 5.52. The smallest absolute Gasteiger partial charge is 0.168 e. The summed E-state index contributed by atoms with van der Waals surface area (Å²) < 4.78 is 10.9. The van der Waals surface area contributed by atoms with Crippen molar-refractivity contribution in [2.75, 3.05) is 14.2 Å². The zero-order valence-corrected chi connectivity index (χ0v) is 11.9. The first-order chi connectivity index (χ1) is 9.71. The topological polar surface area (TPSA) is 31.4 Å². The van der Waals surface area contributed by atoms with E-state index in [-0.39, 0.29) is 5.92 Å². The lowest BCUT2D eigenvalue weighted by Crippen LogP contribution is -1.98. The van der Waals surface area contributed by atoms with Crippen molar-refractivity contribution in [2.45, 2.75) is 12.8 Å². The SMILES string of the molecule is C#CC(C)c1cc(OC)c(OC)c(-c2ccncc2)c1. The van der Waals surface area contributed by atoms with Crippen molar-refractivity contribution < 1.29 is 9.47 Å². The maximum absolute atomic E-state index is 5.52. The summed E-state index contributed by atoms with van der Waals surface area (Å²) in [6.07, 6.45) is 9.02. The summed E-state index contributed by atoms with van der Waals surface area (Å²) in [4.78, 5) is 4.04. The summed E-state index contributed by atoms with van der Waals surface area (Å²) in [5.74, 6) is 4.13. The summed E-state index contributed by atoms with van der Waals surface area (Å²) in [6, 6.07) is 7.83. The van der Waals surface area contributed by atoms with Gasteiger partial charge in [-0.3, -0.25) is 4.98 Å². The number of terminal acetylenes is 1. The van der Waals surface area contributed by atoms with Crippen LogP contribution >= 0.6 is 0 Å². The Bertz CT molecular complexity index is 629. The Balaban J connectivity index is 2.67. The lowest BCUT2D eigenvalue weighted by molar-refractivity contribution is 0.355. The number of pyridine rings is 1. The number of benzene rings is 1. The Kier molecular flexibility index (Phi) is 4.27. The van der Waals surface area contributed by atoms with Crippen molar-refractivity contribution in [2.24, 2.45) is 0 Å². The molecule has 3 nitrogen and oxygen atoms in total. The third-order valence-electron chi connectivity index (χ3n) is 3.24. The zero-order valence-electron chi connectivity index (χ0n) is 11.9. The van der Waals surface area contributed by atoms with Gasteiger partial charge >= 0.3 is 0 Å². The molecule has 0 fully saturated rings. The van der Waals surface area contributed by atoms with Crippen molar-refractivity contribution in [1.82, 2.24) is 4.98 Å². The molecule has 20 heavy (non-hydrogen) atoms. The molecule has 0 saturated carbocycles. The third-order valence-corrected chi connectivity index (χ3v) is 3.24. The predicted molar refractivity (Wildman–Crippen MR) is 80.0 cm³/mol. The highest BCUT2D eigenvalue weighted by Crippen LogP contribution is 2.40. The van der Waals surface area contributed by atoms with Gasteiger partial charge in [-0.25, -0.2) is 0 Å². The van der Waals surface area contributed by atoms with E-state index < -0.39 is 0 Å². The first-order valence-electron chi connectivity index (χ1n) is 6.33. The lowest BCUT2D eigenvalue weighted by Gasteiger charge is -2.16. The van der Waals surface area contributed by atoms with Crippen LogP contribution in [-0.4, -0.2) is 19.2 Å². The van der Waals surface area contributed by atoms with E-state index in [9.17, 15) is 0 Å². The molecule has 0 N–H and O–H groups in total. The fourth-order valence-electron chi connectivity index (χ4n) is 2.08. The quantitative estimate of drug-likeness (QED) is 0.794. The van der Waals surface area contributed by atoms with Crippen molar-refractivity contribution >= 4 is 0 Å². The molecular weight excluding hydrogens is 250 g/mol. The largest absolute Gasteiger partial charge is 0.493 e. The molecule has 0 saturated heterocycles. The van der Waals surface area contributed by atoms with Crippen LogP contribution in [0.15, 0.2) is 36.7 Å². The molecule has 1 unspecified atom stereocenters. The fraction of sp³-hybridized carbons (Fsp3) is 0.235. The van der Waals surface area contributed by atoms with E-state index in [2.05, 4.69) is 10.9 Å². The number of hydrogen-bond acceptors (Lipinski definition) is 3. The van der Waals surface area contributed by atoms with Gasteiger partial charge in [0.25, 0.3) is 0 Å².